The fourth-order valence-corrected chi connectivity index (χ4v) is 3.16. The van der Waals surface area contributed by atoms with Gasteiger partial charge in [0.25, 0.3) is 0 Å². The van der Waals surface area contributed by atoms with Gasteiger partial charge < -0.3 is 5.32 Å². The molecule has 1 fully saturated rings. The van der Waals surface area contributed by atoms with Gasteiger partial charge in [0, 0.05) is 6.04 Å². The highest BCUT2D eigenvalue weighted by Crippen LogP contribution is 2.40. The lowest BCUT2D eigenvalue weighted by Gasteiger charge is -2.22. The van der Waals surface area contributed by atoms with Crippen molar-refractivity contribution in [2.75, 3.05) is 6.54 Å². The summed E-state index contributed by atoms with van der Waals surface area (Å²) in [6, 6.07) is 9.58. The van der Waals surface area contributed by atoms with Gasteiger partial charge in [0.1, 0.15) is 0 Å². The minimum atomic E-state index is 0.717. The zero-order chi connectivity index (χ0) is 11.5. The lowest BCUT2D eigenvalue weighted by Crippen LogP contribution is -2.32. The van der Waals surface area contributed by atoms with Crippen molar-refractivity contribution in [3.05, 3.63) is 35.4 Å². The minimum absolute atomic E-state index is 0.717. The molecule has 1 heteroatoms. The molecule has 1 aromatic carbocycles. The first-order chi connectivity index (χ1) is 7.74. The molecule has 0 amide bonds. The monoisotopic (exact) mass is 217 g/mol. The largest absolute Gasteiger partial charge is 0.314 e. The molecule has 1 aromatic rings. The standard InChI is InChI=1S/C15H23N/c1-4-16-15-10-9-14(12(15)3)13-8-6-5-7-11(13)2/h5-8,12,14-16H,4,9-10H2,1-3H3. The molecular weight excluding hydrogens is 194 g/mol. The summed E-state index contributed by atoms with van der Waals surface area (Å²) in [5.74, 6) is 1.52. The van der Waals surface area contributed by atoms with Crippen molar-refractivity contribution in [3.8, 4) is 0 Å². The molecule has 1 N–H and O–H groups in total. The summed E-state index contributed by atoms with van der Waals surface area (Å²) < 4.78 is 0. The molecule has 3 atom stereocenters. The van der Waals surface area contributed by atoms with Gasteiger partial charge in [-0.25, -0.2) is 0 Å². The highest BCUT2D eigenvalue weighted by Gasteiger charge is 2.33. The van der Waals surface area contributed by atoms with E-state index in [2.05, 4.69) is 50.4 Å². The summed E-state index contributed by atoms with van der Waals surface area (Å²) >= 11 is 0. The van der Waals surface area contributed by atoms with Crippen LogP contribution < -0.4 is 5.32 Å². The van der Waals surface area contributed by atoms with E-state index in [1.54, 1.807) is 5.56 Å². The predicted molar refractivity (Wildman–Crippen MR) is 69.8 cm³/mol. The van der Waals surface area contributed by atoms with Gasteiger partial charge in [0.15, 0.2) is 0 Å². The van der Waals surface area contributed by atoms with Gasteiger partial charge in [0.05, 0.1) is 0 Å². The van der Waals surface area contributed by atoms with Crippen molar-refractivity contribution < 1.29 is 0 Å². The Morgan fingerprint density at radius 3 is 2.69 bits per heavy atom. The molecule has 2 rings (SSSR count). The topological polar surface area (TPSA) is 12.0 Å². The van der Waals surface area contributed by atoms with Gasteiger partial charge in [-0.2, -0.15) is 0 Å². The fraction of sp³-hybridized carbons (Fsp3) is 0.600. The van der Waals surface area contributed by atoms with Crippen LogP contribution >= 0.6 is 0 Å². The minimum Gasteiger partial charge on any atom is -0.314 e. The van der Waals surface area contributed by atoms with Crippen LogP contribution in [0.15, 0.2) is 24.3 Å². The first kappa shape index (κ1) is 11.7. The van der Waals surface area contributed by atoms with Crippen LogP contribution in [0.25, 0.3) is 0 Å². The quantitative estimate of drug-likeness (QED) is 0.817. The van der Waals surface area contributed by atoms with E-state index in [-0.39, 0.29) is 0 Å². The average Bonchev–Trinajstić information content (AvgIpc) is 2.62. The van der Waals surface area contributed by atoms with Gasteiger partial charge in [-0.15, -0.1) is 0 Å². The number of rotatable bonds is 3. The van der Waals surface area contributed by atoms with Crippen LogP contribution in [0.1, 0.15) is 43.7 Å². The number of nitrogens with one attached hydrogen (secondary N) is 1. The van der Waals surface area contributed by atoms with Crippen molar-refractivity contribution >= 4 is 0 Å². The Bertz CT molecular complexity index is 345. The van der Waals surface area contributed by atoms with E-state index in [1.807, 2.05) is 0 Å². The maximum absolute atomic E-state index is 3.61. The average molecular weight is 217 g/mol. The summed E-state index contributed by atoms with van der Waals surface area (Å²) in [6.45, 7) is 7.93. The van der Waals surface area contributed by atoms with Crippen molar-refractivity contribution in [2.45, 2.75) is 45.6 Å². The molecule has 1 saturated carbocycles. The Balaban J connectivity index is 2.15. The van der Waals surface area contributed by atoms with E-state index in [9.17, 15) is 0 Å². The molecule has 0 saturated heterocycles. The van der Waals surface area contributed by atoms with Crippen LogP contribution in [-0.2, 0) is 0 Å². The first-order valence-corrected chi connectivity index (χ1v) is 6.53. The molecule has 0 bridgehead atoms. The summed E-state index contributed by atoms with van der Waals surface area (Å²) in [5.41, 5.74) is 3.02. The lowest BCUT2D eigenvalue weighted by molar-refractivity contribution is 0.411. The van der Waals surface area contributed by atoms with Crippen LogP contribution in [0.3, 0.4) is 0 Å². The maximum Gasteiger partial charge on any atom is 0.00986 e. The Morgan fingerprint density at radius 2 is 2.00 bits per heavy atom. The first-order valence-electron chi connectivity index (χ1n) is 6.53. The Labute approximate surface area is 99.3 Å². The zero-order valence-electron chi connectivity index (χ0n) is 10.7. The zero-order valence-corrected chi connectivity index (χ0v) is 10.7. The summed E-state index contributed by atoms with van der Waals surface area (Å²) in [6.07, 6.45) is 2.66. The van der Waals surface area contributed by atoms with E-state index < -0.39 is 0 Å². The van der Waals surface area contributed by atoms with E-state index >= 15 is 0 Å². The molecule has 0 aromatic heterocycles. The Morgan fingerprint density at radius 1 is 1.25 bits per heavy atom. The molecule has 1 aliphatic carbocycles. The Hall–Kier alpha value is -0.820. The van der Waals surface area contributed by atoms with Crippen LogP contribution in [0.2, 0.25) is 0 Å². The second-order valence-electron chi connectivity index (χ2n) is 5.06. The van der Waals surface area contributed by atoms with E-state index in [4.69, 9.17) is 0 Å². The molecule has 0 heterocycles. The molecule has 3 unspecified atom stereocenters. The van der Waals surface area contributed by atoms with Crippen molar-refractivity contribution in [2.24, 2.45) is 5.92 Å². The third-order valence-corrected chi connectivity index (χ3v) is 4.11. The van der Waals surface area contributed by atoms with E-state index in [0.717, 1.165) is 24.4 Å². The second kappa shape index (κ2) is 5.01. The van der Waals surface area contributed by atoms with Gasteiger partial charge in [-0.1, -0.05) is 38.1 Å². The second-order valence-corrected chi connectivity index (χ2v) is 5.06. The molecule has 16 heavy (non-hydrogen) atoms. The predicted octanol–water partition coefficient (Wildman–Crippen LogP) is 3.49. The SMILES string of the molecule is CCNC1CCC(c2ccccc2C)C1C. The summed E-state index contributed by atoms with van der Waals surface area (Å²) in [5, 5.41) is 3.61. The third-order valence-electron chi connectivity index (χ3n) is 4.11. The number of hydrogen-bond acceptors (Lipinski definition) is 1. The summed E-state index contributed by atoms with van der Waals surface area (Å²) in [4.78, 5) is 0. The molecule has 1 aliphatic rings. The van der Waals surface area contributed by atoms with Crippen LogP contribution in [0.5, 0.6) is 0 Å². The molecule has 0 spiro atoms. The normalized spacial score (nSPS) is 29.6. The molecule has 88 valence electrons. The molecule has 0 radical (unpaired) electrons. The highest BCUT2D eigenvalue weighted by atomic mass is 14.9. The number of aryl methyl sites for hydroxylation is 1. The van der Waals surface area contributed by atoms with Crippen LogP contribution in [-0.4, -0.2) is 12.6 Å². The number of benzene rings is 1. The molecule has 1 nitrogen and oxygen atoms in total. The van der Waals surface area contributed by atoms with Crippen molar-refractivity contribution in [1.82, 2.24) is 5.32 Å². The van der Waals surface area contributed by atoms with Gasteiger partial charge in [-0.3, -0.25) is 0 Å². The maximum atomic E-state index is 3.61. The third kappa shape index (κ3) is 2.15. The number of hydrogen-bond donors (Lipinski definition) is 1. The van der Waals surface area contributed by atoms with Gasteiger partial charge in [0.2, 0.25) is 0 Å². The molecular formula is C15H23N. The lowest BCUT2D eigenvalue weighted by atomic mass is 9.86. The van der Waals surface area contributed by atoms with Gasteiger partial charge >= 0.3 is 0 Å². The van der Waals surface area contributed by atoms with Gasteiger partial charge in [-0.05, 0) is 49.3 Å². The van der Waals surface area contributed by atoms with E-state index in [1.165, 1.54) is 18.4 Å². The van der Waals surface area contributed by atoms with Crippen LogP contribution in [0.4, 0.5) is 0 Å². The van der Waals surface area contributed by atoms with Crippen molar-refractivity contribution in [3.63, 3.8) is 0 Å². The van der Waals surface area contributed by atoms with Crippen LogP contribution in [0, 0.1) is 12.8 Å². The van der Waals surface area contributed by atoms with Crippen molar-refractivity contribution in [1.29, 1.82) is 0 Å². The smallest absolute Gasteiger partial charge is 0.00986 e. The Kier molecular flexibility index (Phi) is 3.65. The van der Waals surface area contributed by atoms with E-state index in [0.29, 0.717) is 0 Å². The highest BCUT2D eigenvalue weighted by molar-refractivity contribution is 5.30. The fourth-order valence-electron chi connectivity index (χ4n) is 3.16. The molecule has 0 aliphatic heterocycles. The summed E-state index contributed by atoms with van der Waals surface area (Å²) in [7, 11) is 0.